The maximum Gasteiger partial charge on any atom is 0.376 e. The Hall–Kier alpha value is -1.68. The van der Waals surface area contributed by atoms with Gasteiger partial charge in [-0.15, -0.1) is 0 Å². The summed E-state index contributed by atoms with van der Waals surface area (Å²) in [7, 11) is 0. The van der Waals surface area contributed by atoms with Gasteiger partial charge in [0.05, 0.1) is 0 Å². The van der Waals surface area contributed by atoms with Gasteiger partial charge >= 0.3 is 5.97 Å². The summed E-state index contributed by atoms with van der Waals surface area (Å²) in [5.41, 5.74) is 0.328. The molecule has 15 heavy (non-hydrogen) atoms. The molecule has 1 aromatic rings. The smallest absolute Gasteiger partial charge is 0.376 e. The van der Waals surface area contributed by atoms with E-state index >= 15 is 0 Å². The molecule has 0 radical (unpaired) electrons. The van der Waals surface area contributed by atoms with Gasteiger partial charge in [-0.2, -0.15) is 0 Å². The summed E-state index contributed by atoms with van der Waals surface area (Å²) in [6.45, 7) is 0. The van der Waals surface area contributed by atoms with Crippen LogP contribution < -0.4 is 0 Å². The second kappa shape index (κ2) is 4.70. The van der Waals surface area contributed by atoms with Gasteiger partial charge < -0.3 is 5.11 Å². The Kier molecular flexibility index (Phi) is 3.57. The average molecular weight is 229 g/mol. The zero-order chi connectivity index (χ0) is 11.4. The number of halogens is 2. The largest absolute Gasteiger partial charge is 0.475 e. The molecule has 5 heteroatoms. The molecule has 0 aliphatic carbocycles. The number of carboxylic acid groups (broad SMARTS) is 1. The van der Waals surface area contributed by atoms with Crippen molar-refractivity contribution < 1.29 is 19.1 Å². The van der Waals surface area contributed by atoms with Crippen LogP contribution in [0.5, 0.6) is 0 Å². The maximum absolute atomic E-state index is 12.8. The third kappa shape index (κ3) is 3.52. The van der Waals surface area contributed by atoms with E-state index in [2.05, 4.69) is 0 Å². The van der Waals surface area contributed by atoms with Crippen LogP contribution >= 0.6 is 11.6 Å². The predicted octanol–water partition coefficient (Wildman–Crippen LogP) is 2.15. The fourth-order valence-electron chi connectivity index (χ4n) is 0.915. The van der Waals surface area contributed by atoms with E-state index in [1.807, 2.05) is 0 Å². The Morgan fingerprint density at radius 1 is 1.33 bits per heavy atom. The first-order valence-electron chi connectivity index (χ1n) is 3.90. The van der Waals surface area contributed by atoms with Crippen LogP contribution in [0.1, 0.15) is 5.56 Å². The molecule has 0 spiro atoms. The molecule has 0 saturated carbocycles. The van der Waals surface area contributed by atoms with Gasteiger partial charge in [0.1, 0.15) is 5.82 Å². The highest BCUT2D eigenvalue weighted by Crippen LogP contribution is 2.15. The standard InChI is InChI=1S/C10H6ClFO3/c11-7-3-6(4-8(12)5-7)1-2-9(13)10(14)15/h1-5H,(H,14,15)/b2-1+. The molecule has 0 atom stereocenters. The van der Waals surface area contributed by atoms with Gasteiger partial charge in [-0.1, -0.05) is 17.7 Å². The van der Waals surface area contributed by atoms with Crippen LogP contribution in [0.4, 0.5) is 4.39 Å². The number of carboxylic acids is 1. The van der Waals surface area contributed by atoms with Crippen molar-refractivity contribution in [3.63, 3.8) is 0 Å². The van der Waals surface area contributed by atoms with Gasteiger partial charge in [0.25, 0.3) is 5.78 Å². The third-order valence-electron chi connectivity index (χ3n) is 1.52. The van der Waals surface area contributed by atoms with Crippen molar-refractivity contribution in [1.82, 2.24) is 0 Å². The minimum atomic E-state index is -1.56. The van der Waals surface area contributed by atoms with E-state index in [0.717, 1.165) is 18.2 Å². The lowest BCUT2D eigenvalue weighted by Crippen LogP contribution is -2.08. The quantitative estimate of drug-likeness (QED) is 0.637. The van der Waals surface area contributed by atoms with E-state index in [1.165, 1.54) is 12.1 Å². The maximum atomic E-state index is 12.8. The highest BCUT2D eigenvalue weighted by atomic mass is 35.5. The number of ketones is 1. The van der Waals surface area contributed by atoms with E-state index in [0.29, 0.717) is 5.56 Å². The molecule has 1 N–H and O–H groups in total. The Labute approximate surface area is 89.8 Å². The first-order chi connectivity index (χ1) is 6.99. The normalized spacial score (nSPS) is 10.5. The van der Waals surface area contributed by atoms with Crippen LogP contribution in [0.3, 0.4) is 0 Å². The molecule has 0 amide bonds. The van der Waals surface area contributed by atoms with E-state index in [-0.39, 0.29) is 5.02 Å². The van der Waals surface area contributed by atoms with Crippen molar-refractivity contribution in [2.24, 2.45) is 0 Å². The Bertz CT molecular complexity index is 420. The summed E-state index contributed by atoms with van der Waals surface area (Å²) >= 11 is 5.55. The van der Waals surface area contributed by atoms with Gasteiger partial charge in [-0.05, 0) is 29.8 Å². The van der Waals surface area contributed by atoms with Gasteiger partial charge in [-0.3, -0.25) is 4.79 Å². The second-order valence-corrected chi connectivity index (χ2v) is 3.14. The molecule has 1 aromatic carbocycles. The number of aliphatic carboxylic acids is 1. The molecule has 0 bridgehead atoms. The SMILES string of the molecule is O=C(O)C(=O)/C=C/c1cc(F)cc(Cl)c1. The molecule has 0 fully saturated rings. The molecule has 0 aliphatic rings. The molecule has 0 aliphatic heterocycles. The molecular weight excluding hydrogens is 223 g/mol. The van der Waals surface area contributed by atoms with Crippen LogP contribution in [-0.2, 0) is 9.59 Å². The molecule has 0 aromatic heterocycles. The van der Waals surface area contributed by atoms with Crippen molar-refractivity contribution >= 4 is 29.4 Å². The Morgan fingerprint density at radius 2 is 2.00 bits per heavy atom. The zero-order valence-corrected chi connectivity index (χ0v) is 8.16. The second-order valence-electron chi connectivity index (χ2n) is 2.71. The lowest BCUT2D eigenvalue weighted by Gasteiger charge is -1.95. The Morgan fingerprint density at radius 3 is 2.53 bits per heavy atom. The minimum Gasteiger partial charge on any atom is -0.475 e. The monoisotopic (exact) mass is 228 g/mol. The van der Waals surface area contributed by atoms with E-state index in [9.17, 15) is 14.0 Å². The van der Waals surface area contributed by atoms with E-state index < -0.39 is 17.6 Å². The first kappa shape index (κ1) is 11.4. The highest BCUT2D eigenvalue weighted by molar-refractivity contribution is 6.38. The van der Waals surface area contributed by atoms with E-state index in [1.54, 1.807) is 0 Å². The van der Waals surface area contributed by atoms with Crippen LogP contribution in [0.25, 0.3) is 6.08 Å². The van der Waals surface area contributed by atoms with Gasteiger partial charge in [0.15, 0.2) is 0 Å². The number of benzene rings is 1. The molecule has 78 valence electrons. The van der Waals surface area contributed by atoms with Gasteiger partial charge in [0, 0.05) is 5.02 Å². The number of carbonyl (C=O) groups excluding carboxylic acids is 1. The lowest BCUT2D eigenvalue weighted by atomic mass is 10.2. The summed E-state index contributed by atoms with van der Waals surface area (Å²) < 4.78 is 12.8. The van der Waals surface area contributed by atoms with E-state index in [4.69, 9.17) is 16.7 Å². The van der Waals surface area contributed by atoms with Crippen LogP contribution in [0, 0.1) is 5.82 Å². The number of carbonyl (C=O) groups is 2. The van der Waals surface area contributed by atoms with Crippen LogP contribution in [0.15, 0.2) is 24.3 Å². The molecular formula is C10H6ClFO3. The fraction of sp³-hybridized carbons (Fsp3) is 0. The van der Waals surface area contributed by atoms with Crippen molar-refractivity contribution in [1.29, 1.82) is 0 Å². The third-order valence-corrected chi connectivity index (χ3v) is 1.74. The summed E-state index contributed by atoms with van der Waals surface area (Å²) in [6, 6.07) is 3.66. The average Bonchev–Trinajstić information content (AvgIpc) is 2.12. The van der Waals surface area contributed by atoms with Gasteiger partial charge in [0.2, 0.25) is 0 Å². The summed E-state index contributed by atoms with van der Waals surface area (Å²) in [6.07, 6.45) is 2.03. The Balaban J connectivity index is 2.89. The molecule has 0 unspecified atom stereocenters. The van der Waals surface area contributed by atoms with Crippen molar-refractivity contribution in [2.45, 2.75) is 0 Å². The number of rotatable bonds is 3. The minimum absolute atomic E-state index is 0.178. The van der Waals surface area contributed by atoms with Crippen molar-refractivity contribution in [3.05, 3.63) is 40.7 Å². The fourth-order valence-corrected chi connectivity index (χ4v) is 1.14. The summed E-state index contributed by atoms with van der Waals surface area (Å²) in [5.74, 6) is -3.19. The highest BCUT2D eigenvalue weighted by Gasteiger charge is 2.05. The van der Waals surface area contributed by atoms with Crippen molar-refractivity contribution in [3.8, 4) is 0 Å². The van der Waals surface area contributed by atoms with Crippen molar-refractivity contribution in [2.75, 3.05) is 0 Å². The summed E-state index contributed by atoms with van der Waals surface area (Å²) in [4.78, 5) is 20.8. The molecule has 0 saturated heterocycles. The molecule has 3 nitrogen and oxygen atoms in total. The molecule has 1 rings (SSSR count). The lowest BCUT2D eigenvalue weighted by molar-refractivity contribution is -0.146. The zero-order valence-electron chi connectivity index (χ0n) is 7.41. The van der Waals surface area contributed by atoms with Crippen LogP contribution in [0.2, 0.25) is 5.02 Å². The topological polar surface area (TPSA) is 54.4 Å². The number of hydrogen-bond acceptors (Lipinski definition) is 2. The summed E-state index contributed by atoms with van der Waals surface area (Å²) in [5, 5.41) is 8.45. The number of hydrogen-bond donors (Lipinski definition) is 1. The first-order valence-corrected chi connectivity index (χ1v) is 4.28. The van der Waals surface area contributed by atoms with Crippen LogP contribution in [-0.4, -0.2) is 16.9 Å². The predicted molar refractivity (Wildman–Crippen MR) is 53.1 cm³/mol. The van der Waals surface area contributed by atoms with Gasteiger partial charge in [-0.25, -0.2) is 9.18 Å². The molecule has 0 heterocycles.